The molecule has 0 unspecified atom stereocenters. The minimum absolute atomic E-state index is 0.0225. The average Bonchev–Trinajstić information content (AvgIpc) is 3.22. The number of hydrogen-bond acceptors (Lipinski definition) is 4. The minimum atomic E-state index is -0.255. The number of nitrogens with one attached hydrogen (secondary N) is 1. The molecule has 1 amide bonds. The van der Waals surface area contributed by atoms with Crippen LogP contribution in [0.2, 0.25) is 0 Å². The number of halogens is 1. The second kappa shape index (κ2) is 8.13. The molecule has 0 aliphatic rings. The van der Waals surface area contributed by atoms with Gasteiger partial charge in [-0.25, -0.2) is 4.98 Å². The second-order valence-corrected chi connectivity index (χ2v) is 8.36. The summed E-state index contributed by atoms with van der Waals surface area (Å²) >= 11 is 3.53. The van der Waals surface area contributed by atoms with Crippen LogP contribution in [0.3, 0.4) is 0 Å². The first-order valence-corrected chi connectivity index (χ1v) is 11.0. The minimum Gasteiger partial charge on any atom is -0.507 e. The summed E-state index contributed by atoms with van der Waals surface area (Å²) in [6.45, 7) is 2.08. The van der Waals surface area contributed by atoms with Gasteiger partial charge in [0, 0.05) is 21.8 Å². The average molecular weight is 487 g/mol. The van der Waals surface area contributed by atoms with Crippen molar-refractivity contribution in [2.75, 3.05) is 5.32 Å². The Morgan fingerprint density at radius 1 is 1.03 bits per heavy atom. The molecule has 0 bridgehead atoms. The second-order valence-electron chi connectivity index (χ2n) is 7.50. The van der Waals surface area contributed by atoms with Gasteiger partial charge >= 0.3 is 0 Å². The molecule has 0 spiro atoms. The molecule has 0 fully saturated rings. The van der Waals surface area contributed by atoms with E-state index >= 15 is 0 Å². The van der Waals surface area contributed by atoms with Gasteiger partial charge in [-0.05, 0) is 59.2 Å². The first kappa shape index (κ1) is 20.3. The Morgan fingerprint density at radius 3 is 2.66 bits per heavy atom. The lowest BCUT2D eigenvalue weighted by atomic mass is 10.0. The number of aryl methyl sites for hydroxylation is 1. The maximum atomic E-state index is 12.9. The molecule has 0 aliphatic heterocycles. The van der Waals surface area contributed by atoms with Crippen LogP contribution in [0.25, 0.3) is 33.3 Å². The summed E-state index contributed by atoms with van der Waals surface area (Å²) in [7, 11) is 0. The number of amides is 1. The number of phenolic OH excluding ortho intramolecular Hbond substituents is 1. The maximum absolute atomic E-state index is 12.9. The van der Waals surface area contributed by atoms with Gasteiger partial charge in [-0.15, -0.1) is 0 Å². The van der Waals surface area contributed by atoms with E-state index in [1.807, 2.05) is 48.5 Å². The van der Waals surface area contributed by atoms with Crippen LogP contribution in [0, 0.1) is 0 Å². The van der Waals surface area contributed by atoms with E-state index in [2.05, 4.69) is 33.2 Å². The van der Waals surface area contributed by atoms with Gasteiger partial charge in [0.25, 0.3) is 5.91 Å². The topological polar surface area (TPSA) is 75.4 Å². The largest absolute Gasteiger partial charge is 0.507 e. The normalized spacial score (nSPS) is 11.2. The Bertz CT molecular complexity index is 1490. The van der Waals surface area contributed by atoms with Crippen molar-refractivity contribution in [3.05, 3.63) is 88.4 Å². The van der Waals surface area contributed by atoms with Crippen molar-refractivity contribution in [2.45, 2.75) is 13.3 Å². The molecule has 6 heteroatoms. The zero-order valence-electron chi connectivity index (χ0n) is 17.2. The number of hydrogen-bond donors (Lipinski definition) is 2. The summed E-state index contributed by atoms with van der Waals surface area (Å²) in [6.07, 6.45) is 0.908. The van der Waals surface area contributed by atoms with E-state index in [-0.39, 0.29) is 11.7 Å². The van der Waals surface area contributed by atoms with Gasteiger partial charge in [0.2, 0.25) is 5.89 Å². The molecular weight excluding hydrogens is 468 g/mol. The van der Waals surface area contributed by atoms with Gasteiger partial charge in [-0.2, -0.15) is 0 Å². The zero-order chi connectivity index (χ0) is 22.2. The summed E-state index contributed by atoms with van der Waals surface area (Å²) in [6, 6.07) is 22.1. The molecule has 4 aromatic carbocycles. The number of rotatable bonds is 4. The molecule has 5 nitrogen and oxygen atoms in total. The molecule has 1 heterocycles. The van der Waals surface area contributed by atoms with E-state index in [9.17, 15) is 9.90 Å². The number of carbonyl (C=O) groups excluding carboxylic acids is 1. The quantitative estimate of drug-likeness (QED) is 0.288. The number of nitrogens with zero attached hydrogens (tertiary/aromatic N) is 1. The molecular formula is C26H19BrN2O3. The van der Waals surface area contributed by atoms with Crippen LogP contribution in [0.15, 0.2) is 81.7 Å². The SMILES string of the molecule is CCc1ccc2oc(-c3ccc(NC(=O)c4cccc5c(Br)cccc45)cc3O)nc2c1. The van der Waals surface area contributed by atoms with Crippen molar-refractivity contribution in [2.24, 2.45) is 0 Å². The molecule has 5 rings (SSSR count). The Hall–Kier alpha value is -3.64. The van der Waals surface area contributed by atoms with Crippen LogP contribution in [-0.4, -0.2) is 16.0 Å². The molecule has 0 radical (unpaired) electrons. The number of phenols is 1. The summed E-state index contributed by atoms with van der Waals surface area (Å²) in [5.41, 5.74) is 4.08. The third-order valence-corrected chi connectivity index (χ3v) is 6.15. The zero-order valence-corrected chi connectivity index (χ0v) is 18.8. The molecule has 0 saturated carbocycles. The fraction of sp³-hybridized carbons (Fsp3) is 0.0769. The van der Waals surface area contributed by atoms with Crippen molar-refractivity contribution < 1.29 is 14.3 Å². The van der Waals surface area contributed by atoms with Crippen LogP contribution >= 0.6 is 15.9 Å². The van der Waals surface area contributed by atoms with E-state index in [0.717, 1.165) is 27.2 Å². The third kappa shape index (κ3) is 3.63. The first-order valence-electron chi connectivity index (χ1n) is 10.2. The smallest absolute Gasteiger partial charge is 0.256 e. The summed E-state index contributed by atoms with van der Waals surface area (Å²) in [5, 5.41) is 15.3. The van der Waals surface area contributed by atoms with Crippen LogP contribution in [0.1, 0.15) is 22.8 Å². The lowest BCUT2D eigenvalue weighted by molar-refractivity contribution is 0.102. The summed E-state index contributed by atoms with van der Waals surface area (Å²) in [5.74, 6) is 0.0584. The number of benzene rings is 4. The molecule has 1 aromatic heterocycles. The maximum Gasteiger partial charge on any atom is 0.256 e. The van der Waals surface area contributed by atoms with E-state index in [4.69, 9.17) is 4.42 Å². The van der Waals surface area contributed by atoms with Crippen molar-refractivity contribution >= 4 is 49.4 Å². The van der Waals surface area contributed by atoms with E-state index in [1.165, 1.54) is 11.6 Å². The van der Waals surface area contributed by atoms with Crippen molar-refractivity contribution in [1.29, 1.82) is 0 Å². The molecule has 5 aromatic rings. The van der Waals surface area contributed by atoms with Gasteiger partial charge < -0.3 is 14.8 Å². The highest BCUT2D eigenvalue weighted by Gasteiger charge is 2.15. The lowest BCUT2D eigenvalue weighted by Gasteiger charge is -2.10. The third-order valence-electron chi connectivity index (χ3n) is 5.46. The lowest BCUT2D eigenvalue weighted by Crippen LogP contribution is -2.12. The number of anilines is 1. The van der Waals surface area contributed by atoms with Crippen LogP contribution in [0.4, 0.5) is 5.69 Å². The predicted octanol–water partition coefficient (Wildman–Crippen LogP) is 6.93. The van der Waals surface area contributed by atoms with E-state index in [0.29, 0.717) is 28.3 Å². The molecule has 0 saturated heterocycles. The summed E-state index contributed by atoms with van der Waals surface area (Å²) in [4.78, 5) is 17.5. The van der Waals surface area contributed by atoms with Crippen molar-refractivity contribution in [3.63, 3.8) is 0 Å². The van der Waals surface area contributed by atoms with E-state index < -0.39 is 0 Å². The van der Waals surface area contributed by atoms with Gasteiger partial charge in [0.15, 0.2) is 5.58 Å². The predicted molar refractivity (Wildman–Crippen MR) is 130 cm³/mol. The van der Waals surface area contributed by atoms with Gasteiger partial charge in [0.05, 0.1) is 5.56 Å². The van der Waals surface area contributed by atoms with Gasteiger partial charge in [-0.3, -0.25) is 4.79 Å². The summed E-state index contributed by atoms with van der Waals surface area (Å²) < 4.78 is 6.75. The number of oxazole rings is 1. The highest BCUT2D eigenvalue weighted by Crippen LogP contribution is 2.34. The first-order chi connectivity index (χ1) is 15.5. The van der Waals surface area contributed by atoms with Crippen molar-refractivity contribution in [1.82, 2.24) is 4.98 Å². The number of carbonyl (C=O) groups is 1. The van der Waals surface area contributed by atoms with Gasteiger partial charge in [0.1, 0.15) is 11.3 Å². The van der Waals surface area contributed by atoms with Crippen molar-refractivity contribution in [3.8, 4) is 17.2 Å². The number of aromatic hydroxyl groups is 1. The molecule has 158 valence electrons. The highest BCUT2D eigenvalue weighted by molar-refractivity contribution is 9.10. The molecule has 0 aliphatic carbocycles. The molecule has 32 heavy (non-hydrogen) atoms. The fourth-order valence-electron chi connectivity index (χ4n) is 3.77. The van der Waals surface area contributed by atoms with E-state index in [1.54, 1.807) is 18.2 Å². The Morgan fingerprint density at radius 2 is 1.84 bits per heavy atom. The number of aromatic nitrogens is 1. The van der Waals surface area contributed by atoms with Crippen LogP contribution in [0.5, 0.6) is 5.75 Å². The Balaban J connectivity index is 1.44. The van der Waals surface area contributed by atoms with Crippen LogP contribution < -0.4 is 5.32 Å². The highest BCUT2D eigenvalue weighted by atomic mass is 79.9. The standard InChI is InChI=1S/C26H19BrN2O3/c1-2-15-9-12-24-22(13-15)29-26(32-24)20-11-10-16(14-23(20)30)28-25(31)19-7-3-6-18-17(19)5-4-8-21(18)27/h3-14,30H,2H2,1H3,(H,28,31). The monoisotopic (exact) mass is 486 g/mol. The molecule has 0 atom stereocenters. The fourth-order valence-corrected chi connectivity index (χ4v) is 4.26. The molecule has 2 N–H and O–H groups in total. The Labute approximate surface area is 192 Å². The van der Waals surface area contributed by atoms with Crippen LogP contribution in [-0.2, 0) is 6.42 Å². The Kier molecular flexibility index (Phi) is 5.15. The van der Waals surface area contributed by atoms with Gasteiger partial charge in [-0.1, -0.05) is 53.2 Å². The number of fused-ring (bicyclic) bond motifs is 2.